The molecule has 24 heavy (non-hydrogen) atoms. The Hall–Kier alpha value is -1.59. The first-order chi connectivity index (χ1) is 11.4. The van der Waals surface area contributed by atoms with Gasteiger partial charge in [-0.3, -0.25) is 5.32 Å². The van der Waals surface area contributed by atoms with Crippen molar-refractivity contribution in [1.82, 2.24) is 5.32 Å². The molecule has 1 aliphatic carbocycles. The van der Waals surface area contributed by atoms with Crippen LogP contribution in [0.2, 0.25) is 0 Å². The summed E-state index contributed by atoms with van der Waals surface area (Å²) in [4.78, 5) is 11.7. The molecule has 134 valence electrons. The quantitative estimate of drug-likeness (QED) is 0.852. The number of amides is 1. The number of rotatable bonds is 5. The van der Waals surface area contributed by atoms with Gasteiger partial charge in [0.25, 0.3) is 0 Å². The largest absolute Gasteiger partial charge is 0.444 e. The molecule has 0 spiro atoms. The molecule has 0 saturated heterocycles. The van der Waals surface area contributed by atoms with Crippen molar-refractivity contribution >= 4 is 11.8 Å². The highest BCUT2D eigenvalue weighted by Crippen LogP contribution is 2.21. The van der Waals surface area contributed by atoms with Gasteiger partial charge in [-0.05, 0) is 64.2 Å². The molecule has 1 aromatic carbocycles. The lowest BCUT2D eigenvalue weighted by molar-refractivity contribution is 0.0623. The lowest BCUT2D eigenvalue weighted by Gasteiger charge is -2.28. The van der Waals surface area contributed by atoms with E-state index in [1.807, 2.05) is 45.0 Å². The van der Waals surface area contributed by atoms with E-state index in [2.05, 4.69) is 10.6 Å². The summed E-state index contributed by atoms with van der Waals surface area (Å²) < 4.78 is 10.6. The van der Waals surface area contributed by atoms with Gasteiger partial charge in [-0.15, -0.1) is 0 Å². The molecule has 5 nitrogen and oxygen atoms in total. The third kappa shape index (κ3) is 6.49. The molecule has 1 aromatic rings. The Balaban J connectivity index is 1.75. The molecule has 2 N–H and O–H groups in total. The number of ether oxygens (including phenoxy) is 2. The minimum atomic E-state index is -0.490. The summed E-state index contributed by atoms with van der Waals surface area (Å²) in [6.45, 7) is 6.39. The smallest absolute Gasteiger partial charge is 0.412 e. The molecule has 1 aliphatic rings. The minimum Gasteiger partial charge on any atom is -0.444 e. The van der Waals surface area contributed by atoms with Crippen LogP contribution in [0.3, 0.4) is 0 Å². The lowest BCUT2D eigenvalue weighted by atomic mass is 9.93. The predicted octanol–water partition coefficient (Wildman–Crippen LogP) is 4.08. The number of carbonyl (C=O) groups excluding carboxylic acids is 1. The van der Waals surface area contributed by atoms with Gasteiger partial charge in [0.15, 0.2) is 0 Å². The summed E-state index contributed by atoms with van der Waals surface area (Å²) in [7, 11) is 1.80. The zero-order valence-electron chi connectivity index (χ0n) is 15.2. The zero-order chi connectivity index (χ0) is 17.6. The first-order valence-electron chi connectivity index (χ1n) is 8.71. The highest BCUT2D eigenvalue weighted by molar-refractivity contribution is 5.84. The van der Waals surface area contributed by atoms with Gasteiger partial charge in [0.2, 0.25) is 0 Å². The summed E-state index contributed by atoms with van der Waals surface area (Å²) >= 11 is 0. The fourth-order valence-corrected chi connectivity index (χ4v) is 2.89. The molecule has 1 fully saturated rings. The number of carbonyl (C=O) groups is 1. The van der Waals surface area contributed by atoms with E-state index in [4.69, 9.17) is 9.47 Å². The van der Waals surface area contributed by atoms with E-state index >= 15 is 0 Å². The van der Waals surface area contributed by atoms with Crippen molar-refractivity contribution in [3.63, 3.8) is 0 Å². The average molecular weight is 334 g/mol. The maximum absolute atomic E-state index is 11.7. The van der Waals surface area contributed by atoms with Crippen LogP contribution in [0.15, 0.2) is 24.3 Å². The molecule has 0 bridgehead atoms. The Morgan fingerprint density at radius 1 is 1.12 bits per heavy atom. The topological polar surface area (TPSA) is 59.6 Å². The molecule has 1 saturated carbocycles. The van der Waals surface area contributed by atoms with Crippen LogP contribution < -0.4 is 10.6 Å². The number of hydrogen-bond donors (Lipinski definition) is 2. The van der Waals surface area contributed by atoms with Gasteiger partial charge in [-0.2, -0.15) is 0 Å². The number of anilines is 1. The van der Waals surface area contributed by atoms with E-state index < -0.39 is 11.7 Å². The lowest BCUT2D eigenvalue weighted by Crippen LogP contribution is -2.34. The van der Waals surface area contributed by atoms with Gasteiger partial charge >= 0.3 is 6.09 Å². The van der Waals surface area contributed by atoms with Gasteiger partial charge in [0, 0.05) is 25.4 Å². The summed E-state index contributed by atoms with van der Waals surface area (Å²) in [6, 6.07) is 8.43. The third-order valence-corrected chi connectivity index (χ3v) is 4.20. The second-order valence-corrected chi connectivity index (χ2v) is 7.41. The van der Waals surface area contributed by atoms with Crippen LogP contribution in [0.5, 0.6) is 0 Å². The third-order valence-electron chi connectivity index (χ3n) is 4.20. The van der Waals surface area contributed by atoms with Gasteiger partial charge in [0.05, 0.1) is 6.10 Å². The summed E-state index contributed by atoms with van der Waals surface area (Å²) in [5.41, 5.74) is 1.46. The SMILES string of the molecule is COC1CCC(NCc2ccc(NC(=O)OC(C)(C)C)cc2)CC1. The molecule has 0 heterocycles. The van der Waals surface area contributed by atoms with E-state index in [0.29, 0.717) is 12.1 Å². The highest BCUT2D eigenvalue weighted by Gasteiger charge is 2.20. The van der Waals surface area contributed by atoms with Crippen LogP contribution in [0, 0.1) is 0 Å². The normalized spacial score (nSPS) is 21.3. The Morgan fingerprint density at radius 2 is 1.75 bits per heavy atom. The van der Waals surface area contributed by atoms with Crippen molar-refractivity contribution in [3.8, 4) is 0 Å². The van der Waals surface area contributed by atoms with Crippen LogP contribution in [0.1, 0.15) is 52.0 Å². The first kappa shape index (κ1) is 18.7. The van der Waals surface area contributed by atoms with Gasteiger partial charge in [0.1, 0.15) is 5.60 Å². The predicted molar refractivity (Wildman–Crippen MR) is 96.2 cm³/mol. The van der Waals surface area contributed by atoms with Crippen molar-refractivity contribution in [3.05, 3.63) is 29.8 Å². The van der Waals surface area contributed by atoms with Crippen molar-refractivity contribution in [2.45, 2.75) is 70.7 Å². The molecule has 0 unspecified atom stereocenters. The van der Waals surface area contributed by atoms with Gasteiger partial charge in [-0.1, -0.05) is 12.1 Å². The Labute approximate surface area is 145 Å². The molecule has 0 aromatic heterocycles. The van der Waals surface area contributed by atoms with Crippen LogP contribution in [-0.2, 0) is 16.0 Å². The van der Waals surface area contributed by atoms with Crippen LogP contribution in [0.4, 0.5) is 10.5 Å². The molecule has 2 rings (SSSR count). The minimum absolute atomic E-state index is 0.428. The maximum Gasteiger partial charge on any atom is 0.412 e. The second-order valence-electron chi connectivity index (χ2n) is 7.41. The summed E-state index contributed by atoms with van der Waals surface area (Å²) in [6.07, 6.45) is 4.59. The average Bonchev–Trinajstić information content (AvgIpc) is 2.53. The maximum atomic E-state index is 11.7. The van der Waals surface area contributed by atoms with Crippen LogP contribution in [-0.4, -0.2) is 30.9 Å². The van der Waals surface area contributed by atoms with E-state index in [9.17, 15) is 4.79 Å². The molecule has 5 heteroatoms. The number of nitrogens with one attached hydrogen (secondary N) is 2. The number of hydrogen-bond acceptors (Lipinski definition) is 4. The van der Waals surface area contributed by atoms with Gasteiger partial charge < -0.3 is 14.8 Å². The van der Waals surface area contributed by atoms with Crippen molar-refractivity contribution in [2.75, 3.05) is 12.4 Å². The van der Waals surface area contributed by atoms with Crippen molar-refractivity contribution in [2.24, 2.45) is 0 Å². The van der Waals surface area contributed by atoms with Crippen molar-refractivity contribution in [1.29, 1.82) is 0 Å². The number of benzene rings is 1. The standard InChI is InChI=1S/C19H30N2O3/c1-19(2,3)24-18(22)21-16-7-5-14(6-8-16)13-20-15-9-11-17(23-4)12-10-15/h5-8,15,17,20H,9-13H2,1-4H3,(H,21,22). The van der Waals surface area contributed by atoms with Crippen LogP contribution in [0.25, 0.3) is 0 Å². The Morgan fingerprint density at radius 3 is 2.29 bits per heavy atom. The highest BCUT2D eigenvalue weighted by atomic mass is 16.6. The molecular weight excluding hydrogens is 304 g/mol. The Kier molecular flexibility index (Phi) is 6.63. The number of methoxy groups -OCH3 is 1. The van der Waals surface area contributed by atoms with Gasteiger partial charge in [-0.25, -0.2) is 4.79 Å². The zero-order valence-corrected chi connectivity index (χ0v) is 15.2. The molecule has 0 aliphatic heterocycles. The monoisotopic (exact) mass is 334 g/mol. The van der Waals surface area contributed by atoms with Crippen molar-refractivity contribution < 1.29 is 14.3 Å². The summed E-state index contributed by atoms with van der Waals surface area (Å²) in [5, 5.41) is 6.35. The molecule has 0 atom stereocenters. The first-order valence-corrected chi connectivity index (χ1v) is 8.71. The fourth-order valence-electron chi connectivity index (χ4n) is 2.89. The molecule has 0 radical (unpaired) electrons. The molecule has 1 amide bonds. The second kappa shape index (κ2) is 8.49. The molecular formula is C19H30N2O3. The fraction of sp³-hybridized carbons (Fsp3) is 0.632. The van der Waals surface area contributed by atoms with E-state index in [0.717, 1.165) is 37.9 Å². The van der Waals surface area contributed by atoms with E-state index in [1.54, 1.807) is 7.11 Å². The Bertz CT molecular complexity index is 514. The van der Waals surface area contributed by atoms with E-state index in [-0.39, 0.29) is 0 Å². The summed E-state index contributed by atoms with van der Waals surface area (Å²) in [5.74, 6) is 0. The van der Waals surface area contributed by atoms with E-state index in [1.165, 1.54) is 5.56 Å². The van der Waals surface area contributed by atoms with Crippen LogP contribution >= 0.6 is 0 Å².